The molecule has 5 nitrogen and oxygen atoms in total. The molecule has 150 valence electrons. The molecule has 0 aliphatic rings. The molecular weight excluding hydrogens is 398 g/mol. The number of carbonyl (C=O) groups excluding carboxylic acids is 1. The van der Waals surface area contributed by atoms with Gasteiger partial charge in [0.05, 0.1) is 6.04 Å². The first-order valence-corrected chi connectivity index (χ1v) is 8.46. The minimum atomic E-state index is -4.66. The molecule has 2 aromatic carbocycles. The van der Waals surface area contributed by atoms with Crippen LogP contribution in [0, 0.1) is 0 Å². The summed E-state index contributed by atoms with van der Waals surface area (Å²) in [4.78, 5) is 12.1. The summed E-state index contributed by atoms with van der Waals surface area (Å²) in [5, 5.41) is 3.08. The molecule has 0 fully saturated rings. The van der Waals surface area contributed by atoms with E-state index in [1.165, 1.54) is 12.1 Å². The number of thiocarbonyl (C=S) groups is 1. The van der Waals surface area contributed by atoms with Crippen molar-refractivity contribution in [3.8, 4) is 5.75 Å². The summed E-state index contributed by atoms with van der Waals surface area (Å²) in [6.07, 6.45) is -8.66. The van der Waals surface area contributed by atoms with Crippen LogP contribution in [0.5, 0.6) is 5.75 Å². The van der Waals surface area contributed by atoms with Crippen LogP contribution in [0.4, 0.5) is 17.6 Å². The van der Waals surface area contributed by atoms with Crippen molar-refractivity contribution in [2.75, 3.05) is 0 Å². The molecule has 2 aromatic rings. The highest BCUT2D eigenvalue weighted by Crippen LogP contribution is 2.27. The lowest BCUT2D eigenvalue weighted by atomic mass is 10.1. The molecule has 2 rings (SSSR count). The Morgan fingerprint density at radius 2 is 1.75 bits per heavy atom. The van der Waals surface area contributed by atoms with E-state index in [-0.39, 0.29) is 16.7 Å². The lowest BCUT2D eigenvalue weighted by molar-refractivity contribution is -0.253. The Morgan fingerprint density at radius 1 is 1.07 bits per heavy atom. The quantitative estimate of drug-likeness (QED) is 0.381. The molecule has 3 N–H and O–H groups in total. The molecule has 0 unspecified atom stereocenters. The number of hydrazine groups is 1. The minimum Gasteiger partial charge on any atom is -0.428 e. The second-order valence-electron chi connectivity index (χ2n) is 5.68. The summed E-state index contributed by atoms with van der Waals surface area (Å²) >= 11 is 5.08. The topological polar surface area (TPSA) is 62.4 Å². The fourth-order valence-corrected chi connectivity index (χ4v) is 2.37. The van der Waals surface area contributed by atoms with Crippen molar-refractivity contribution in [2.24, 2.45) is 0 Å². The van der Waals surface area contributed by atoms with E-state index in [2.05, 4.69) is 20.9 Å². The summed E-state index contributed by atoms with van der Waals surface area (Å²) in [6, 6.07) is 13.8. The van der Waals surface area contributed by atoms with E-state index < -0.39 is 24.2 Å². The number of amides is 1. The van der Waals surface area contributed by atoms with Crippen LogP contribution in [0.1, 0.15) is 28.9 Å². The highest BCUT2D eigenvalue weighted by molar-refractivity contribution is 7.80. The van der Waals surface area contributed by atoms with E-state index in [0.717, 1.165) is 17.7 Å². The van der Waals surface area contributed by atoms with Gasteiger partial charge in [0, 0.05) is 5.56 Å². The Kier molecular flexibility index (Phi) is 7.16. The smallest absolute Gasteiger partial charge is 0.428 e. The minimum absolute atomic E-state index is 0.0889. The van der Waals surface area contributed by atoms with Gasteiger partial charge in [-0.3, -0.25) is 15.6 Å². The van der Waals surface area contributed by atoms with Crippen molar-refractivity contribution in [1.29, 1.82) is 0 Å². The van der Waals surface area contributed by atoms with E-state index >= 15 is 0 Å². The van der Waals surface area contributed by atoms with Gasteiger partial charge in [-0.25, -0.2) is 0 Å². The van der Waals surface area contributed by atoms with Gasteiger partial charge in [0.15, 0.2) is 5.11 Å². The van der Waals surface area contributed by atoms with Crippen molar-refractivity contribution in [3.05, 3.63) is 65.7 Å². The monoisotopic (exact) mass is 415 g/mol. The Balaban J connectivity index is 1.90. The number of hydrogen-bond donors (Lipinski definition) is 3. The molecule has 0 radical (unpaired) electrons. The number of carbonyl (C=O) groups is 1. The standard InChI is InChI=1S/C18H17F4N3O2S/c1-11(12-6-3-2-4-7-12)23-17(28)25-24-15(26)13-8-5-9-14(10-13)27-18(21,22)16(19)20/h2-11,16H,1H3,(H,24,26)(H2,23,25,28)/t11-/m0/s1. The van der Waals surface area contributed by atoms with Gasteiger partial charge in [-0.15, -0.1) is 0 Å². The van der Waals surface area contributed by atoms with Gasteiger partial charge in [0.25, 0.3) is 5.91 Å². The van der Waals surface area contributed by atoms with Gasteiger partial charge in [0.1, 0.15) is 5.75 Å². The molecule has 28 heavy (non-hydrogen) atoms. The van der Waals surface area contributed by atoms with Crippen LogP contribution in [-0.2, 0) is 0 Å². The van der Waals surface area contributed by atoms with Gasteiger partial charge in [0.2, 0.25) is 0 Å². The summed E-state index contributed by atoms with van der Waals surface area (Å²) in [5.41, 5.74) is 5.65. The first-order chi connectivity index (χ1) is 13.2. The summed E-state index contributed by atoms with van der Waals surface area (Å²) in [5.74, 6) is -1.29. The molecule has 0 aliphatic carbocycles. The molecule has 0 aliphatic heterocycles. The largest absolute Gasteiger partial charge is 0.461 e. The molecule has 0 saturated carbocycles. The maximum absolute atomic E-state index is 13.0. The van der Waals surface area contributed by atoms with Crippen LogP contribution in [0.25, 0.3) is 0 Å². The summed E-state index contributed by atoms with van der Waals surface area (Å²) < 4.78 is 54.3. The SMILES string of the molecule is C[C@H](NC(=S)NNC(=O)c1cccc(OC(F)(F)C(F)F)c1)c1ccccc1. The predicted octanol–water partition coefficient (Wildman–Crippen LogP) is 3.79. The maximum Gasteiger partial charge on any atom is 0.461 e. The van der Waals surface area contributed by atoms with Crippen LogP contribution < -0.4 is 20.9 Å². The number of rotatable bonds is 6. The third-order valence-corrected chi connectivity index (χ3v) is 3.76. The predicted molar refractivity (Wildman–Crippen MR) is 99.2 cm³/mol. The molecule has 0 spiro atoms. The Hall–Kier alpha value is -2.88. The molecule has 1 atom stereocenters. The van der Waals surface area contributed by atoms with Gasteiger partial charge >= 0.3 is 12.5 Å². The number of benzene rings is 2. The van der Waals surface area contributed by atoms with E-state index in [4.69, 9.17) is 12.2 Å². The number of ether oxygens (including phenoxy) is 1. The van der Waals surface area contributed by atoms with E-state index in [1.807, 2.05) is 37.3 Å². The molecule has 1 amide bonds. The van der Waals surface area contributed by atoms with Crippen LogP contribution in [-0.4, -0.2) is 23.6 Å². The first-order valence-electron chi connectivity index (χ1n) is 8.06. The lowest BCUT2D eigenvalue weighted by Gasteiger charge is -2.18. The fraction of sp³-hybridized carbons (Fsp3) is 0.222. The molecule has 0 aromatic heterocycles. The second-order valence-corrected chi connectivity index (χ2v) is 6.09. The Bertz CT molecular complexity index is 821. The van der Waals surface area contributed by atoms with Crippen molar-refractivity contribution < 1.29 is 27.1 Å². The zero-order valence-corrected chi connectivity index (χ0v) is 15.4. The fourth-order valence-electron chi connectivity index (χ4n) is 2.15. The zero-order chi connectivity index (χ0) is 20.7. The summed E-state index contributed by atoms with van der Waals surface area (Å²) in [7, 11) is 0. The number of nitrogens with one attached hydrogen (secondary N) is 3. The van der Waals surface area contributed by atoms with Crippen LogP contribution in [0.2, 0.25) is 0 Å². The first kappa shape index (κ1) is 21.4. The molecule has 0 bridgehead atoms. The Morgan fingerprint density at radius 3 is 2.39 bits per heavy atom. The number of halogens is 4. The van der Waals surface area contributed by atoms with Gasteiger partial charge in [-0.1, -0.05) is 36.4 Å². The molecule has 0 saturated heterocycles. The van der Waals surface area contributed by atoms with Crippen molar-refractivity contribution in [1.82, 2.24) is 16.2 Å². The number of hydrogen-bond acceptors (Lipinski definition) is 3. The van der Waals surface area contributed by atoms with Gasteiger partial charge in [-0.2, -0.15) is 17.6 Å². The van der Waals surface area contributed by atoms with Gasteiger partial charge < -0.3 is 10.1 Å². The maximum atomic E-state index is 13.0. The third kappa shape index (κ3) is 6.08. The van der Waals surface area contributed by atoms with E-state index in [0.29, 0.717) is 0 Å². The molecule has 10 heteroatoms. The van der Waals surface area contributed by atoms with Crippen LogP contribution >= 0.6 is 12.2 Å². The van der Waals surface area contributed by atoms with Crippen molar-refractivity contribution >= 4 is 23.2 Å². The normalized spacial score (nSPS) is 12.2. The van der Waals surface area contributed by atoms with Crippen LogP contribution in [0.3, 0.4) is 0 Å². The van der Waals surface area contributed by atoms with Gasteiger partial charge in [-0.05, 0) is 42.9 Å². The van der Waals surface area contributed by atoms with Crippen molar-refractivity contribution in [2.45, 2.75) is 25.5 Å². The lowest BCUT2D eigenvalue weighted by Crippen LogP contribution is -2.47. The Labute approximate surface area is 164 Å². The van der Waals surface area contributed by atoms with Crippen molar-refractivity contribution in [3.63, 3.8) is 0 Å². The second kappa shape index (κ2) is 9.36. The summed E-state index contributed by atoms with van der Waals surface area (Å²) in [6.45, 7) is 1.87. The van der Waals surface area contributed by atoms with E-state index in [9.17, 15) is 22.4 Å². The highest BCUT2D eigenvalue weighted by atomic mass is 32.1. The van der Waals surface area contributed by atoms with Crippen LogP contribution in [0.15, 0.2) is 54.6 Å². The average Bonchev–Trinajstić information content (AvgIpc) is 2.66. The number of alkyl halides is 4. The zero-order valence-electron chi connectivity index (χ0n) is 14.6. The highest BCUT2D eigenvalue weighted by Gasteiger charge is 2.44. The third-order valence-electron chi connectivity index (χ3n) is 3.54. The average molecular weight is 415 g/mol. The molecular formula is C18H17F4N3O2S. The molecule has 0 heterocycles. The van der Waals surface area contributed by atoms with E-state index in [1.54, 1.807) is 0 Å².